The second-order valence-corrected chi connectivity index (χ2v) is 7.74. The molecule has 3 amide bonds. The van der Waals surface area contributed by atoms with E-state index in [0.717, 1.165) is 31.6 Å². The molecular formula is C23H26N4O4. The molecule has 0 aliphatic carbocycles. The zero-order chi connectivity index (χ0) is 21.8. The quantitative estimate of drug-likeness (QED) is 0.744. The number of amides is 3. The van der Waals surface area contributed by atoms with E-state index in [2.05, 4.69) is 10.2 Å². The SMILES string of the molecule is NC(=O)c1ccc(N2CCCCC2)c(NC(=O)CCN2C(=O)COc3ccccc32)c1. The van der Waals surface area contributed by atoms with Crippen molar-refractivity contribution in [2.24, 2.45) is 5.73 Å². The van der Waals surface area contributed by atoms with Gasteiger partial charge in [0.2, 0.25) is 11.8 Å². The molecule has 1 saturated heterocycles. The van der Waals surface area contributed by atoms with Gasteiger partial charge in [-0.1, -0.05) is 12.1 Å². The molecule has 31 heavy (non-hydrogen) atoms. The summed E-state index contributed by atoms with van der Waals surface area (Å²) in [7, 11) is 0. The van der Waals surface area contributed by atoms with Crippen molar-refractivity contribution in [2.75, 3.05) is 41.4 Å². The van der Waals surface area contributed by atoms with Gasteiger partial charge in [-0.3, -0.25) is 14.4 Å². The first-order chi connectivity index (χ1) is 15.0. The monoisotopic (exact) mass is 422 g/mol. The molecule has 0 bridgehead atoms. The van der Waals surface area contributed by atoms with Gasteiger partial charge in [0.05, 0.1) is 17.1 Å². The van der Waals surface area contributed by atoms with Gasteiger partial charge in [0.25, 0.3) is 5.91 Å². The van der Waals surface area contributed by atoms with Crippen LogP contribution in [0.15, 0.2) is 42.5 Å². The molecule has 1 fully saturated rings. The highest BCUT2D eigenvalue weighted by atomic mass is 16.5. The standard InChI is InChI=1S/C23H26N4O4/c24-23(30)16-8-9-18(26-11-4-1-5-12-26)17(14-16)25-21(28)10-13-27-19-6-2-3-7-20(19)31-15-22(27)29/h2-3,6-9,14H,1,4-5,10-13,15H2,(H2,24,30)(H,25,28). The highest BCUT2D eigenvalue weighted by molar-refractivity contribution is 6.01. The topological polar surface area (TPSA) is 105 Å². The molecule has 2 aromatic rings. The number of nitrogens with two attached hydrogens (primary N) is 1. The van der Waals surface area contributed by atoms with E-state index < -0.39 is 5.91 Å². The zero-order valence-corrected chi connectivity index (χ0v) is 17.3. The molecule has 8 nitrogen and oxygen atoms in total. The summed E-state index contributed by atoms with van der Waals surface area (Å²) in [6.07, 6.45) is 3.47. The van der Waals surface area contributed by atoms with Gasteiger partial charge in [-0.15, -0.1) is 0 Å². The maximum atomic E-state index is 12.8. The maximum Gasteiger partial charge on any atom is 0.265 e. The minimum absolute atomic E-state index is 0.0433. The minimum atomic E-state index is -0.545. The van der Waals surface area contributed by atoms with Crippen LogP contribution in [0.5, 0.6) is 5.75 Å². The number of carbonyl (C=O) groups is 3. The molecule has 0 radical (unpaired) electrons. The lowest BCUT2D eigenvalue weighted by molar-refractivity contribution is -0.121. The minimum Gasteiger partial charge on any atom is -0.482 e. The number of ether oxygens (including phenoxy) is 1. The van der Waals surface area contributed by atoms with Crippen LogP contribution in [0.1, 0.15) is 36.0 Å². The Kier molecular flexibility index (Phi) is 6.06. The van der Waals surface area contributed by atoms with Gasteiger partial charge in [-0.05, 0) is 49.6 Å². The summed E-state index contributed by atoms with van der Waals surface area (Å²) in [4.78, 5) is 40.5. The van der Waals surface area contributed by atoms with E-state index in [1.165, 1.54) is 6.42 Å². The molecule has 0 spiro atoms. The summed E-state index contributed by atoms with van der Waals surface area (Å²) in [5.74, 6) is -0.340. The predicted octanol–water partition coefficient (Wildman–Crippen LogP) is 2.53. The first-order valence-electron chi connectivity index (χ1n) is 10.5. The molecule has 0 unspecified atom stereocenters. The molecule has 4 rings (SSSR count). The Morgan fingerprint density at radius 2 is 1.81 bits per heavy atom. The summed E-state index contributed by atoms with van der Waals surface area (Å²) in [6, 6.07) is 12.4. The highest BCUT2D eigenvalue weighted by Crippen LogP contribution is 2.32. The lowest BCUT2D eigenvalue weighted by Gasteiger charge is -2.31. The number of primary amides is 1. The number of hydrogen-bond donors (Lipinski definition) is 2. The Morgan fingerprint density at radius 1 is 1.03 bits per heavy atom. The van der Waals surface area contributed by atoms with E-state index >= 15 is 0 Å². The lowest BCUT2D eigenvalue weighted by Crippen LogP contribution is -2.40. The van der Waals surface area contributed by atoms with Gasteiger partial charge < -0.3 is 25.6 Å². The Morgan fingerprint density at radius 3 is 2.58 bits per heavy atom. The summed E-state index contributed by atoms with van der Waals surface area (Å²) < 4.78 is 5.45. The summed E-state index contributed by atoms with van der Waals surface area (Å²) in [5, 5.41) is 2.92. The summed E-state index contributed by atoms with van der Waals surface area (Å²) in [6.45, 7) is 1.99. The van der Waals surface area contributed by atoms with E-state index in [0.29, 0.717) is 22.7 Å². The number of nitrogens with zero attached hydrogens (tertiary/aromatic N) is 2. The third kappa shape index (κ3) is 4.63. The summed E-state index contributed by atoms with van der Waals surface area (Å²) >= 11 is 0. The van der Waals surface area contributed by atoms with Gasteiger partial charge in [-0.2, -0.15) is 0 Å². The molecular weight excluding hydrogens is 396 g/mol. The van der Waals surface area contributed by atoms with Crippen molar-refractivity contribution >= 4 is 34.8 Å². The van der Waals surface area contributed by atoms with Crippen LogP contribution in [0.3, 0.4) is 0 Å². The number of rotatable bonds is 6. The van der Waals surface area contributed by atoms with Crippen LogP contribution in [0.2, 0.25) is 0 Å². The Balaban J connectivity index is 1.48. The fourth-order valence-corrected chi connectivity index (χ4v) is 4.03. The maximum absolute atomic E-state index is 12.8. The second-order valence-electron chi connectivity index (χ2n) is 7.74. The number of fused-ring (bicyclic) bond motifs is 1. The predicted molar refractivity (Wildman–Crippen MR) is 119 cm³/mol. The van der Waals surface area contributed by atoms with E-state index in [9.17, 15) is 14.4 Å². The van der Waals surface area contributed by atoms with Gasteiger partial charge >= 0.3 is 0 Å². The van der Waals surface area contributed by atoms with Crippen LogP contribution in [-0.4, -0.2) is 44.0 Å². The number of carbonyl (C=O) groups excluding carboxylic acids is 3. The van der Waals surface area contributed by atoms with Gasteiger partial charge in [0, 0.05) is 31.6 Å². The van der Waals surface area contributed by atoms with Crippen LogP contribution in [0.25, 0.3) is 0 Å². The third-order valence-electron chi connectivity index (χ3n) is 5.62. The highest BCUT2D eigenvalue weighted by Gasteiger charge is 2.25. The Hall–Kier alpha value is -3.55. The molecule has 2 aliphatic heterocycles. The van der Waals surface area contributed by atoms with Crippen molar-refractivity contribution < 1.29 is 19.1 Å². The number of anilines is 3. The third-order valence-corrected chi connectivity index (χ3v) is 5.62. The van der Waals surface area contributed by atoms with Crippen molar-refractivity contribution in [3.8, 4) is 5.75 Å². The fourth-order valence-electron chi connectivity index (χ4n) is 4.03. The Labute approximate surface area is 180 Å². The number of piperidine rings is 1. The van der Waals surface area contributed by atoms with Gasteiger partial charge in [-0.25, -0.2) is 0 Å². The van der Waals surface area contributed by atoms with Crippen LogP contribution < -0.4 is 25.6 Å². The van der Waals surface area contributed by atoms with Crippen LogP contribution in [0.4, 0.5) is 17.1 Å². The molecule has 3 N–H and O–H groups in total. The summed E-state index contributed by atoms with van der Waals surface area (Å²) in [5.41, 5.74) is 7.89. The van der Waals surface area contributed by atoms with Crippen molar-refractivity contribution in [3.63, 3.8) is 0 Å². The molecule has 0 aromatic heterocycles. The van der Waals surface area contributed by atoms with Crippen LogP contribution in [-0.2, 0) is 9.59 Å². The first-order valence-corrected chi connectivity index (χ1v) is 10.5. The normalized spacial score (nSPS) is 15.8. The van der Waals surface area contributed by atoms with Crippen LogP contribution in [0, 0.1) is 0 Å². The molecule has 2 aliphatic rings. The zero-order valence-electron chi connectivity index (χ0n) is 17.3. The lowest BCUT2D eigenvalue weighted by atomic mass is 10.1. The van der Waals surface area contributed by atoms with E-state index in [1.54, 1.807) is 29.2 Å². The molecule has 8 heteroatoms. The number of benzene rings is 2. The van der Waals surface area contributed by atoms with Crippen molar-refractivity contribution in [3.05, 3.63) is 48.0 Å². The average molecular weight is 422 g/mol. The van der Waals surface area contributed by atoms with E-state index in [1.807, 2.05) is 18.2 Å². The van der Waals surface area contributed by atoms with Gasteiger partial charge in [0.15, 0.2) is 6.61 Å². The first kappa shape index (κ1) is 20.7. The largest absolute Gasteiger partial charge is 0.482 e. The van der Waals surface area contributed by atoms with E-state index in [-0.39, 0.29) is 31.4 Å². The fraction of sp³-hybridized carbons (Fsp3) is 0.348. The smallest absolute Gasteiger partial charge is 0.265 e. The number of hydrogen-bond acceptors (Lipinski definition) is 5. The van der Waals surface area contributed by atoms with Crippen molar-refractivity contribution in [1.82, 2.24) is 0 Å². The number of nitrogens with one attached hydrogen (secondary N) is 1. The van der Waals surface area contributed by atoms with Crippen LogP contribution >= 0.6 is 0 Å². The molecule has 0 saturated carbocycles. The van der Waals surface area contributed by atoms with E-state index in [4.69, 9.17) is 10.5 Å². The molecule has 162 valence electrons. The molecule has 2 heterocycles. The molecule has 2 aromatic carbocycles. The van der Waals surface area contributed by atoms with Crippen molar-refractivity contribution in [1.29, 1.82) is 0 Å². The number of para-hydroxylation sites is 2. The Bertz CT molecular complexity index is 1000. The average Bonchev–Trinajstić information content (AvgIpc) is 2.79. The van der Waals surface area contributed by atoms with Gasteiger partial charge in [0.1, 0.15) is 5.75 Å². The molecule has 0 atom stereocenters. The second kappa shape index (κ2) is 9.07. The van der Waals surface area contributed by atoms with Crippen molar-refractivity contribution in [2.45, 2.75) is 25.7 Å².